The van der Waals surface area contributed by atoms with Gasteiger partial charge in [0.2, 0.25) is 5.91 Å². The van der Waals surface area contributed by atoms with Crippen molar-refractivity contribution >= 4 is 5.91 Å². The third kappa shape index (κ3) is 2.90. The van der Waals surface area contributed by atoms with Crippen LogP contribution in [-0.2, 0) is 9.53 Å². The third-order valence-corrected chi connectivity index (χ3v) is 2.98. The van der Waals surface area contributed by atoms with E-state index in [-0.39, 0.29) is 11.9 Å². The molecule has 0 aliphatic carbocycles. The molecule has 0 saturated carbocycles. The van der Waals surface area contributed by atoms with Crippen LogP contribution in [0, 0.1) is 0 Å². The van der Waals surface area contributed by atoms with Crippen molar-refractivity contribution < 1.29 is 9.53 Å². The average molecular weight is 213 g/mol. The smallest absolute Gasteiger partial charge is 0.239 e. The summed E-state index contributed by atoms with van der Waals surface area (Å²) in [6.45, 7) is 3.99. The normalized spacial score (nSPS) is 32.9. The summed E-state index contributed by atoms with van der Waals surface area (Å²) in [4.78, 5) is 14.0. The number of nitrogens with one attached hydrogen (secondary N) is 2. The Morgan fingerprint density at radius 1 is 1.60 bits per heavy atom. The fourth-order valence-corrected chi connectivity index (χ4v) is 2.09. The first-order valence-electron chi connectivity index (χ1n) is 5.56. The summed E-state index contributed by atoms with van der Waals surface area (Å²) in [5.41, 5.74) is 0. The van der Waals surface area contributed by atoms with E-state index < -0.39 is 0 Å². The van der Waals surface area contributed by atoms with Crippen molar-refractivity contribution in [1.29, 1.82) is 0 Å². The number of rotatable bonds is 2. The van der Waals surface area contributed by atoms with Gasteiger partial charge in [-0.05, 0) is 20.0 Å². The molecule has 15 heavy (non-hydrogen) atoms. The van der Waals surface area contributed by atoms with Gasteiger partial charge in [0.05, 0.1) is 13.2 Å². The Balaban J connectivity index is 1.76. The Labute approximate surface area is 90.1 Å². The molecular formula is C10H19N3O2. The first-order valence-corrected chi connectivity index (χ1v) is 5.56. The lowest BCUT2D eigenvalue weighted by Gasteiger charge is -2.24. The van der Waals surface area contributed by atoms with Crippen LogP contribution in [0.25, 0.3) is 0 Å². The number of amides is 1. The molecule has 0 aromatic rings. The predicted octanol–water partition coefficient (Wildman–Crippen LogP) is -1.20. The van der Waals surface area contributed by atoms with Crippen LogP contribution in [0.3, 0.4) is 0 Å². The van der Waals surface area contributed by atoms with Crippen LogP contribution in [0.15, 0.2) is 0 Å². The molecule has 5 nitrogen and oxygen atoms in total. The van der Waals surface area contributed by atoms with Crippen molar-refractivity contribution in [2.24, 2.45) is 0 Å². The molecule has 2 heterocycles. The van der Waals surface area contributed by atoms with E-state index >= 15 is 0 Å². The van der Waals surface area contributed by atoms with Gasteiger partial charge in [-0.25, -0.2) is 0 Å². The predicted molar refractivity (Wildman–Crippen MR) is 56.7 cm³/mol. The summed E-state index contributed by atoms with van der Waals surface area (Å²) < 4.78 is 5.26. The van der Waals surface area contributed by atoms with Crippen LogP contribution in [0.4, 0.5) is 0 Å². The quantitative estimate of drug-likeness (QED) is 0.605. The molecule has 1 amide bonds. The number of morpholine rings is 1. The van der Waals surface area contributed by atoms with E-state index in [1.807, 2.05) is 0 Å². The highest BCUT2D eigenvalue weighted by Crippen LogP contribution is 2.06. The van der Waals surface area contributed by atoms with Crippen LogP contribution < -0.4 is 10.6 Å². The van der Waals surface area contributed by atoms with Crippen molar-refractivity contribution in [3.05, 3.63) is 0 Å². The van der Waals surface area contributed by atoms with Crippen LogP contribution in [0.2, 0.25) is 0 Å². The molecule has 0 spiro atoms. The van der Waals surface area contributed by atoms with Crippen molar-refractivity contribution in [3.63, 3.8) is 0 Å². The molecule has 2 saturated heterocycles. The number of carbonyl (C=O) groups excluding carboxylic acids is 1. The van der Waals surface area contributed by atoms with Crippen LogP contribution in [-0.4, -0.2) is 62.8 Å². The van der Waals surface area contributed by atoms with Gasteiger partial charge in [0.25, 0.3) is 0 Å². The maximum Gasteiger partial charge on any atom is 0.239 e. The van der Waals surface area contributed by atoms with Gasteiger partial charge in [-0.3, -0.25) is 4.79 Å². The highest BCUT2D eigenvalue weighted by molar-refractivity contribution is 5.82. The number of nitrogens with zero attached hydrogens (tertiary/aromatic N) is 1. The van der Waals surface area contributed by atoms with E-state index in [9.17, 15) is 4.79 Å². The lowest BCUT2D eigenvalue weighted by atomic mass is 10.2. The number of hydrogen-bond acceptors (Lipinski definition) is 4. The second-order valence-electron chi connectivity index (χ2n) is 4.34. The Bertz CT molecular complexity index is 229. The number of likely N-dealkylation sites (N-methyl/N-ethyl adjacent to an activating group) is 1. The summed E-state index contributed by atoms with van der Waals surface area (Å²) in [7, 11) is 2.08. The SMILES string of the molecule is CN1CCC(NC(=O)C2COCCN2)C1. The average Bonchev–Trinajstić information content (AvgIpc) is 2.65. The summed E-state index contributed by atoms with van der Waals surface area (Å²) >= 11 is 0. The lowest BCUT2D eigenvalue weighted by Crippen LogP contribution is -2.53. The monoisotopic (exact) mass is 213 g/mol. The molecule has 2 atom stereocenters. The van der Waals surface area contributed by atoms with E-state index in [4.69, 9.17) is 4.74 Å². The van der Waals surface area contributed by atoms with E-state index in [0.29, 0.717) is 19.3 Å². The summed E-state index contributed by atoms with van der Waals surface area (Å²) in [5.74, 6) is 0.0787. The van der Waals surface area contributed by atoms with Crippen molar-refractivity contribution in [2.75, 3.05) is 39.9 Å². The lowest BCUT2D eigenvalue weighted by molar-refractivity contribution is -0.126. The fourth-order valence-electron chi connectivity index (χ4n) is 2.09. The topological polar surface area (TPSA) is 53.6 Å². The second-order valence-corrected chi connectivity index (χ2v) is 4.34. The minimum Gasteiger partial charge on any atom is -0.378 e. The van der Waals surface area contributed by atoms with Crippen LogP contribution in [0.5, 0.6) is 0 Å². The summed E-state index contributed by atoms with van der Waals surface area (Å²) in [6.07, 6.45) is 1.05. The Kier molecular flexibility index (Phi) is 3.56. The molecule has 2 rings (SSSR count). The first-order chi connectivity index (χ1) is 7.25. The van der Waals surface area contributed by atoms with Gasteiger partial charge in [-0.2, -0.15) is 0 Å². The van der Waals surface area contributed by atoms with Gasteiger partial charge >= 0.3 is 0 Å². The molecule has 2 N–H and O–H groups in total. The number of hydrogen-bond donors (Lipinski definition) is 2. The van der Waals surface area contributed by atoms with Gasteiger partial charge < -0.3 is 20.3 Å². The van der Waals surface area contributed by atoms with E-state index in [1.54, 1.807) is 0 Å². The fraction of sp³-hybridized carbons (Fsp3) is 0.900. The van der Waals surface area contributed by atoms with E-state index in [2.05, 4.69) is 22.6 Å². The van der Waals surface area contributed by atoms with Gasteiger partial charge in [0.15, 0.2) is 0 Å². The third-order valence-electron chi connectivity index (χ3n) is 2.98. The highest BCUT2D eigenvalue weighted by atomic mass is 16.5. The van der Waals surface area contributed by atoms with Gasteiger partial charge in [-0.15, -0.1) is 0 Å². The minimum atomic E-state index is -0.162. The zero-order valence-electron chi connectivity index (χ0n) is 9.16. The van der Waals surface area contributed by atoms with Gasteiger partial charge in [0, 0.05) is 19.1 Å². The molecule has 0 bridgehead atoms. The van der Waals surface area contributed by atoms with Gasteiger partial charge in [0.1, 0.15) is 6.04 Å². The molecule has 2 fully saturated rings. The Morgan fingerprint density at radius 3 is 3.07 bits per heavy atom. The zero-order valence-corrected chi connectivity index (χ0v) is 9.16. The van der Waals surface area contributed by atoms with Gasteiger partial charge in [-0.1, -0.05) is 0 Å². The number of carbonyl (C=O) groups is 1. The highest BCUT2D eigenvalue weighted by Gasteiger charge is 2.26. The number of likely N-dealkylation sites (tertiary alicyclic amines) is 1. The number of ether oxygens (including phenoxy) is 1. The molecule has 2 aliphatic heterocycles. The zero-order chi connectivity index (χ0) is 10.7. The van der Waals surface area contributed by atoms with Crippen molar-refractivity contribution in [3.8, 4) is 0 Å². The first kappa shape index (κ1) is 10.9. The van der Waals surface area contributed by atoms with E-state index in [0.717, 1.165) is 26.1 Å². The molecule has 2 aliphatic rings. The minimum absolute atomic E-state index is 0.0787. The Morgan fingerprint density at radius 2 is 2.47 bits per heavy atom. The maximum absolute atomic E-state index is 11.8. The molecular weight excluding hydrogens is 194 g/mol. The van der Waals surface area contributed by atoms with Crippen LogP contribution in [0.1, 0.15) is 6.42 Å². The summed E-state index contributed by atoms with van der Waals surface area (Å²) in [6, 6.07) is 0.149. The molecule has 0 aromatic carbocycles. The largest absolute Gasteiger partial charge is 0.378 e. The second kappa shape index (κ2) is 4.92. The van der Waals surface area contributed by atoms with Crippen molar-refractivity contribution in [2.45, 2.75) is 18.5 Å². The molecule has 2 unspecified atom stereocenters. The molecule has 5 heteroatoms. The molecule has 86 valence electrons. The molecule has 0 radical (unpaired) electrons. The maximum atomic E-state index is 11.8. The molecule has 0 aromatic heterocycles. The Hall–Kier alpha value is -0.650. The standard InChI is InChI=1S/C10H19N3O2/c1-13-4-2-8(6-13)12-10(14)9-7-15-5-3-11-9/h8-9,11H,2-7H2,1H3,(H,12,14). The van der Waals surface area contributed by atoms with Crippen LogP contribution >= 0.6 is 0 Å². The van der Waals surface area contributed by atoms with Crippen molar-refractivity contribution in [1.82, 2.24) is 15.5 Å². The van der Waals surface area contributed by atoms with E-state index in [1.165, 1.54) is 0 Å². The summed E-state index contributed by atoms with van der Waals surface area (Å²) in [5, 5.41) is 6.21.